The van der Waals surface area contributed by atoms with Crippen LogP contribution < -0.4 is 10.6 Å². The van der Waals surface area contributed by atoms with E-state index in [-0.39, 0.29) is 0 Å². The van der Waals surface area contributed by atoms with Gasteiger partial charge in [0, 0.05) is 37.8 Å². The molecule has 0 aliphatic heterocycles. The molecular formula is C21H24F3N3. The minimum atomic E-state index is -4.38. The summed E-state index contributed by atoms with van der Waals surface area (Å²) in [5, 5.41) is 7.09. The van der Waals surface area contributed by atoms with Crippen molar-refractivity contribution in [3.63, 3.8) is 0 Å². The van der Waals surface area contributed by atoms with Gasteiger partial charge in [0.15, 0.2) is 0 Å². The maximum atomic E-state index is 12.5. The highest BCUT2D eigenvalue weighted by Gasteiger charge is 2.45. The average Bonchev–Trinajstić information content (AvgIpc) is 3.57. The Morgan fingerprint density at radius 1 is 1.04 bits per heavy atom. The van der Waals surface area contributed by atoms with Crippen LogP contribution in [0.2, 0.25) is 0 Å². The molecule has 0 bridgehead atoms. The normalized spacial score (nSPS) is 23.2. The molecule has 0 amide bonds. The van der Waals surface area contributed by atoms with Gasteiger partial charge in [0.25, 0.3) is 0 Å². The van der Waals surface area contributed by atoms with Crippen molar-refractivity contribution in [1.29, 1.82) is 0 Å². The van der Waals surface area contributed by atoms with Crippen LogP contribution in [0.3, 0.4) is 0 Å². The SMILES string of the molecule is FC(F)(F)c1ccc(CNCC2(CN[C@H]3C[C@@H]3c3ccccc3)CC2)cn1. The molecule has 0 radical (unpaired) electrons. The van der Waals surface area contributed by atoms with Crippen molar-refractivity contribution in [3.8, 4) is 0 Å². The number of pyridine rings is 1. The van der Waals surface area contributed by atoms with E-state index in [1.807, 2.05) is 6.07 Å². The Morgan fingerprint density at radius 2 is 1.81 bits per heavy atom. The van der Waals surface area contributed by atoms with Gasteiger partial charge in [0.1, 0.15) is 5.69 Å². The zero-order valence-electron chi connectivity index (χ0n) is 15.1. The van der Waals surface area contributed by atoms with Gasteiger partial charge in [-0.15, -0.1) is 0 Å². The fourth-order valence-electron chi connectivity index (χ4n) is 3.60. The molecule has 2 saturated carbocycles. The van der Waals surface area contributed by atoms with Crippen molar-refractivity contribution < 1.29 is 13.2 Å². The van der Waals surface area contributed by atoms with Crippen LogP contribution >= 0.6 is 0 Å². The van der Waals surface area contributed by atoms with Crippen LogP contribution in [0.25, 0.3) is 0 Å². The third-order valence-electron chi connectivity index (χ3n) is 5.66. The molecule has 2 aliphatic rings. The number of aromatic nitrogens is 1. The molecule has 0 unspecified atom stereocenters. The third kappa shape index (κ3) is 4.68. The van der Waals surface area contributed by atoms with Crippen LogP contribution in [0.1, 0.15) is 42.0 Å². The van der Waals surface area contributed by atoms with Crippen LogP contribution in [-0.4, -0.2) is 24.1 Å². The largest absolute Gasteiger partial charge is 0.433 e. The maximum Gasteiger partial charge on any atom is 0.433 e. The van der Waals surface area contributed by atoms with Gasteiger partial charge in [-0.3, -0.25) is 4.98 Å². The summed E-state index contributed by atoms with van der Waals surface area (Å²) in [7, 11) is 0. The van der Waals surface area contributed by atoms with Gasteiger partial charge < -0.3 is 10.6 Å². The van der Waals surface area contributed by atoms with E-state index in [2.05, 4.69) is 39.9 Å². The monoisotopic (exact) mass is 375 g/mol. The molecule has 2 N–H and O–H groups in total. The summed E-state index contributed by atoms with van der Waals surface area (Å²) in [6.07, 6.45) is 0.519. The summed E-state index contributed by atoms with van der Waals surface area (Å²) in [5.41, 5.74) is 1.64. The molecule has 2 fully saturated rings. The molecule has 6 heteroatoms. The van der Waals surface area contributed by atoms with Crippen molar-refractivity contribution in [1.82, 2.24) is 15.6 Å². The summed E-state index contributed by atoms with van der Waals surface area (Å²) in [6.45, 7) is 2.42. The standard InChI is InChI=1S/C21H24F3N3/c22-21(23,24)19-7-6-15(12-26-19)11-25-13-20(8-9-20)14-27-18-10-17(18)16-4-2-1-3-5-16/h1-7,12,17-18,25,27H,8-11,13-14H2/t17-,18+/m1/s1. The molecule has 1 heterocycles. The van der Waals surface area contributed by atoms with E-state index in [9.17, 15) is 13.2 Å². The number of nitrogens with one attached hydrogen (secondary N) is 2. The van der Waals surface area contributed by atoms with Crippen molar-refractivity contribution in [2.24, 2.45) is 5.41 Å². The number of rotatable bonds is 8. The summed E-state index contributed by atoms with van der Waals surface area (Å²) < 4.78 is 37.6. The van der Waals surface area contributed by atoms with Crippen molar-refractivity contribution >= 4 is 0 Å². The molecule has 144 valence electrons. The quantitative estimate of drug-likeness (QED) is 0.729. The molecule has 1 aromatic heterocycles. The Hall–Kier alpha value is -1.92. The maximum absolute atomic E-state index is 12.5. The van der Waals surface area contributed by atoms with Crippen LogP contribution in [0.5, 0.6) is 0 Å². The second-order valence-electron chi connectivity index (χ2n) is 7.89. The first-order chi connectivity index (χ1) is 13.0. The average molecular weight is 375 g/mol. The number of halogens is 3. The smallest absolute Gasteiger partial charge is 0.313 e. The molecule has 1 aromatic carbocycles. The number of benzene rings is 1. The van der Waals surface area contributed by atoms with Gasteiger partial charge in [-0.05, 0) is 41.9 Å². The lowest BCUT2D eigenvalue weighted by molar-refractivity contribution is -0.141. The first-order valence-electron chi connectivity index (χ1n) is 9.46. The highest BCUT2D eigenvalue weighted by Crippen LogP contribution is 2.46. The Balaban J connectivity index is 1.19. The van der Waals surface area contributed by atoms with Gasteiger partial charge in [0.2, 0.25) is 0 Å². The Morgan fingerprint density at radius 3 is 2.44 bits per heavy atom. The Bertz CT molecular complexity index is 754. The lowest BCUT2D eigenvalue weighted by Crippen LogP contribution is -2.34. The third-order valence-corrected chi connectivity index (χ3v) is 5.66. The van der Waals surface area contributed by atoms with Crippen molar-refractivity contribution in [2.45, 2.75) is 43.9 Å². The fourth-order valence-corrected chi connectivity index (χ4v) is 3.60. The van der Waals surface area contributed by atoms with Crippen LogP contribution in [0, 0.1) is 5.41 Å². The molecule has 27 heavy (non-hydrogen) atoms. The first-order valence-corrected chi connectivity index (χ1v) is 9.46. The molecule has 2 atom stereocenters. The first kappa shape index (κ1) is 18.4. The summed E-state index contributed by atoms with van der Waals surface area (Å²) in [6, 6.07) is 13.7. The van der Waals surface area contributed by atoms with Crippen LogP contribution in [0.4, 0.5) is 13.2 Å². The van der Waals surface area contributed by atoms with Gasteiger partial charge in [-0.2, -0.15) is 13.2 Å². The van der Waals surface area contributed by atoms with E-state index >= 15 is 0 Å². The Kier molecular flexibility index (Phi) is 4.95. The lowest BCUT2D eigenvalue weighted by atomic mass is 10.1. The zero-order chi connectivity index (χ0) is 18.9. The highest BCUT2D eigenvalue weighted by molar-refractivity contribution is 5.27. The molecular weight excluding hydrogens is 351 g/mol. The van der Waals surface area contributed by atoms with Gasteiger partial charge in [-0.25, -0.2) is 0 Å². The number of nitrogens with zero attached hydrogens (tertiary/aromatic N) is 1. The van der Waals surface area contributed by atoms with Gasteiger partial charge in [-0.1, -0.05) is 36.4 Å². The van der Waals surface area contributed by atoms with E-state index < -0.39 is 11.9 Å². The predicted molar refractivity (Wildman–Crippen MR) is 98.2 cm³/mol. The molecule has 4 rings (SSSR count). The van der Waals surface area contributed by atoms with Crippen molar-refractivity contribution in [2.75, 3.05) is 13.1 Å². The van der Waals surface area contributed by atoms with E-state index in [0.29, 0.717) is 23.9 Å². The summed E-state index contributed by atoms with van der Waals surface area (Å²) >= 11 is 0. The molecule has 3 nitrogen and oxygen atoms in total. The van der Waals surface area contributed by atoms with E-state index in [0.717, 1.165) is 24.7 Å². The van der Waals surface area contributed by atoms with Crippen molar-refractivity contribution in [3.05, 3.63) is 65.5 Å². The fraction of sp³-hybridized carbons (Fsp3) is 0.476. The molecule has 2 aromatic rings. The van der Waals surface area contributed by atoms with Crippen LogP contribution in [0.15, 0.2) is 48.7 Å². The summed E-state index contributed by atoms with van der Waals surface area (Å²) in [4.78, 5) is 3.51. The zero-order valence-corrected chi connectivity index (χ0v) is 15.1. The lowest BCUT2D eigenvalue weighted by Gasteiger charge is -2.17. The minimum Gasteiger partial charge on any atom is -0.313 e. The minimum absolute atomic E-state index is 0.295. The van der Waals surface area contributed by atoms with Gasteiger partial charge in [0.05, 0.1) is 0 Å². The van der Waals surface area contributed by atoms with Gasteiger partial charge >= 0.3 is 6.18 Å². The molecule has 0 spiro atoms. The van der Waals surface area contributed by atoms with Crippen LogP contribution in [-0.2, 0) is 12.7 Å². The Labute approximate surface area is 157 Å². The summed E-state index contributed by atoms with van der Waals surface area (Å²) in [5.74, 6) is 0.633. The van der Waals surface area contributed by atoms with E-state index in [1.54, 1.807) is 0 Å². The predicted octanol–water partition coefficient (Wildman–Crippen LogP) is 4.12. The number of alkyl halides is 3. The number of hydrogen-bond donors (Lipinski definition) is 2. The molecule has 0 saturated heterocycles. The molecule has 2 aliphatic carbocycles. The second-order valence-corrected chi connectivity index (χ2v) is 7.89. The van der Waals surface area contributed by atoms with E-state index in [4.69, 9.17) is 0 Å². The highest BCUT2D eigenvalue weighted by atomic mass is 19.4. The topological polar surface area (TPSA) is 37.0 Å². The van der Waals surface area contributed by atoms with E-state index in [1.165, 1.54) is 37.1 Å². The number of hydrogen-bond acceptors (Lipinski definition) is 3. The second kappa shape index (κ2) is 7.24.